The molecule has 0 aromatic heterocycles. The molecule has 1 aliphatic rings. The van der Waals surface area contributed by atoms with E-state index in [9.17, 15) is 4.39 Å². The Hall–Kier alpha value is -0.540. The lowest BCUT2D eigenvalue weighted by molar-refractivity contribution is 0.613. The fraction of sp³-hybridized carbons (Fsp3) is 0.455. The van der Waals surface area contributed by atoms with Crippen LogP contribution in [0, 0.1) is 12.7 Å². The third-order valence-corrected chi connectivity index (χ3v) is 3.80. The molecule has 1 saturated heterocycles. The Morgan fingerprint density at radius 2 is 2.29 bits per heavy atom. The zero-order chi connectivity index (χ0) is 10.1. The van der Waals surface area contributed by atoms with Gasteiger partial charge in [0.1, 0.15) is 5.82 Å². The molecule has 14 heavy (non-hydrogen) atoms. The number of hydrogen-bond donors (Lipinski definition) is 1. The first-order valence-electron chi connectivity index (χ1n) is 4.81. The Morgan fingerprint density at radius 1 is 1.50 bits per heavy atom. The van der Waals surface area contributed by atoms with Gasteiger partial charge in [-0.3, -0.25) is 0 Å². The SMILES string of the molecule is Cc1ccc(C2NCC(C)S2)cc1F. The van der Waals surface area contributed by atoms with E-state index < -0.39 is 0 Å². The van der Waals surface area contributed by atoms with Crippen LogP contribution >= 0.6 is 11.8 Å². The molecular weight excluding hydrogens is 197 g/mol. The van der Waals surface area contributed by atoms with Gasteiger partial charge in [0.05, 0.1) is 5.37 Å². The van der Waals surface area contributed by atoms with Crippen molar-refractivity contribution >= 4 is 11.8 Å². The number of rotatable bonds is 1. The summed E-state index contributed by atoms with van der Waals surface area (Å²) in [5.74, 6) is -0.107. The molecule has 1 nitrogen and oxygen atoms in total. The highest BCUT2D eigenvalue weighted by Gasteiger charge is 2.22. The summed E-state index contributed by atoms with van der Waals surface area (Å²) in [6, 6.07) is 5.48. The van der Waals surface area contributed by atoms with Crippen molar-refractivity contribution in [2.45, 2.75) is 24.5 Å². The largest absolute Gasteiger partial charge is 0.301 e. The number of halogens is 1. The Labute approximate surface area is 88.1 Å². The maximum Gasteiger partial charge on any atom is 0.126 e. The van der Waals surface area contributed by atoms with Crippen molar-refractivity contribution < 1.29 is 4.39 Å². The predicted octanol–water partition coefficient (Wildman–Crippen LogP) is 2.86. The van der Waals surface area contributed by atoms with Crippen LogP contribution in [-0.2, 0) is 0 Å². The van der Waals surface area contributed by atoms with Gasteiger partial charge in [-0.15, -0.1) is 11.8 Å². The van der Waals surface area contributed by atoms with Gasteiger partial charge in [0, 0.05) is 11.8 Å². The van der Waals surface area contributed by atoms with E-state index >= 15 is 0 Å². The van der Waals surface area contributed by atoms with E-state index in [0.29, 0.717) is 10.8 Å². The lowest BCUT2D eigenvalue weighted by atomic mass is 10.1. The van der Waals surface area contributed by atoms with E-state index in [4.69, 9.17) is 0 Å². The van der Waals surface area contributed by atoms with Crippen molar-refractivity contribution in [1.82, 2.24) is 5.32 Å². The molecule has 0 aliphatic carbocycles. The molecule has 2 rings (SSSR count). The molecule has 3 heteroatoms. The van der Waals surface area contributed by atoms with E-state index in [1.807, 2.05) is 23.9 Å². The van der Waals surface area contributed by atoms with Gasteiger partial charge in [0.15, 0.2) is 0 Å². The molecule has 1 aromatic carbocycles. The molecule has 0 bridgehead atoms. The molecule has 1 N–H and O–H groups in total. The van der Waals surface area contributed by atoms with Crippen molar-refractivity contribution in [3.8, 4) is 0 Å². The second kappa shape index (κ2) is 3.91. The van der Waals surface area contributed by atoms with Crippen LogP contribution in [0.4, 0.5) is 4.39 Å². The summed E-state index contributed by atoms with van der Waals surface area (Å²) in [5, 5.41) is 4.24. The zero-order valence-electron chi connectivity index (χ0n) is 8.38. The highest BCUT2D eigenvalue weighted by molar-refractivity contribution is 8.00. The molecule has 1 heterocycles. The van der Waals surface area contributed by atoms with Crippen LogP contribution in [0.2, 0.25) is 0 Å². The molecule has 0 spiro atoms. The van der Waals surface area contributed by atoms with Gasteiger partial charge in [-0.1, -0.05) is 19.1 Å². The molecule has 76 valence electrons. The lowest BCUT2D eigenvalue weighted by Gasteiger charge is -2.10. The standard InChI is InChI=1S/C11H14FNS/c1-7-3-4-9(5-10(7)12)11-13-6-8(2)14-11/h3-5,8,11,13H,6H2,1-2H3. The predicted molar refractivity (Wildman–Crippen MR) is 58.9 cm³/mol. The Balaban J connectivity index is 2.20. The molecule has 1 aromatic rings. The smallest absolute Gasteiger partial charge is 0.126 e. The van der Waals surface area contributed by atoms with Crippen LogP contribution in [0.5, 0.6) is 0 Å². The quantitative estimate of drug-likeness (QED) is 0.766. The van der Waals surface area contributed by atoms with Gasteiger partial charge < -0.3 is 5.32 Å². The van der Waals surface area contributed by atoms with Crippen LogP contribution in [0.25, 0.3) is 0 Å². The number of thioether (sulfide) groups is 1. The zero-order valence-corrected chi connectivity index (χ0v) is 9.20. The molecule has 2 unspecified atom stereocenters. The molecule has 0 radical (unpaired) electrons. The highest BCUT2D eigenvalue weighted by atomic mass is 32.2. The van der Waals surface area contributed by atoms with Crippen molar-refractivity contribution in [3.05, 3.63) is 35.1 Å². The molecule has 0 amide bonds. The first-order valence-corrected chi connectivity index (χ1v) is 5.76. The topological polar surface area (TPSA) is 12.0 Å². The number of nitrogens with one attached hydrogen (secondary N) is 1. The minimum Gasteiger partial charge on any atom is -0.301 e. The van der Waals surface area contributed by atoms with E-state index in [-0.39, 0.29) is 11.2 Å². The van der Waals surface area contributed by atoms with Crippen LogP contribution in [0.3, 0.4) is 0 Å². The van der Waals surface area contributed by atoms with E-state index in [1.165, 1.54) is 0 Å². The molecule has 2 atom stereocenters. The minimum atomic E-state index is -0.107. The molecule has 1 fully saturated rings. The average Bonchev–Trinajstić information content (AvgIpc) is 2.57. The van der Waals surface area contributed by atoms with Crippen LogP contribution in [0.1, 0.15) is 23.4 Å². The van der Waals surface area contributed by atoms with Crippen LogP contribution in [-0.4, -0.2) is 11.8 Å². The molecule has 0 saturated carbocycles. The van der Waals surface area contributed by atoms with Gasteiger partial charge in [-0.2, -0.15) is 0 Å². The first kappa shape index (κ1) is 9.99. The Bertz CT molecular complexity index is 340. The highest BCUT2D eigenvalue weighted by Crippen LogP contribution is 2.34. The van der Waals surface area contributed by atoms with Crippen LogP contribution in [0.15, 0.2) is 18.2 Å². The summed E-state index contributed by atoms with van der Waals surface area (Å²) in [4.78, 5) is 0. The monoisotopic (exact) mass is 211 g/mol. The molecule has 1 aliphatic heterocycles. The van der Waals surface area contributed by atoms with Gasteiger partial charge in [0.2, 0.25) is 0 Å². The number of hydrogen-bond acceptors (Lipinski definition) is 2. The van der Waals surface area contributed by atoms with E-state index in [0.717, 1.165) is 12.1 Å². The van der Waals surface area contributed by atoms with Crippen molar-refractivity contribution in [2.75, 3.05) is 6.54 Å². The summed E-state index contributed by atoms with van der Waals surface area (Å²) >= 11 is 1.86. The summed E-state index contributed by atoms with van der Waals surface area (Å²) in [7, 11) is 0. The van der Waals surface area contributed by atoms with E-state index in [1.54, 1.807) is 13.0 Å². The summed E-state index contributed by atoms with van der Waals surface area (Å²) < 4.78 is 13.3. The Morgan fingerprint density at radius 3 is 2.86 bits per heavy atom. The van der Waals surface area contributed by atoms with Gasteiger partial charge >= 0.3 is 0 Å². The van der Waals surface area contributed by atoms with E-state index in [2.05, 4.69) is 12.2 Å². The van der Waals surface area contributed by atoms with Crippen LogP contribution < -0.4 is 5.32 Å². The van der Waals surface area contributed by atoms with Crippen molar-refractivity contribution in [1.29, 1.82) is 0 Å². The minimum absolute atomic E-state index is 0.107. The third kappa shape index (κ3) is 1.93. The maximum absolute atomic E-state index is 13.3. The summed E-state index contributed by atoms with van der Waals surface area (Å²) in [6.45, 7) is 4.98. The summed E-state index contributed by atoms with van der Waals surface area (Å²) in [6.07, 6.45) is 0. The second-order valence-electron chi connectivity index (χ2n) is 3.74. The first-order chi connectivity index (χ1) is 6.66. The summed E-state index contributed by atoms with van der Waals surface area (Å²) in [5.41, 5.74) is 1.76. The fourth-order valence-electron chi connectivity index (χ4n) is 1.57. The average molecular weight is 211 g/mol. The lowest BCUT2D eigenvalue weighted by Crippen LogP contribution is -2.14. The Kier molecular flexibility index (Phi) is 2.79. The normalized spacial score (nSPS) is 26.8. The van der Waals surface area contributed by atoms with Gasteiger partial charge in [0.25, 0.3) is 0 Å². The fourth-order valence-corrected chi connectivity index (χ4v) is 2.72. The number of benzene rings is 1. The number of aryl methyl sites for hydroxylation is 1. The van der Waals surface area contributed by atoms with Crippen molar-refractivity contribution in [3.63, 3.8) is 0 Å². The molecular formula is C11H14FNS. The van der Waals surface area contributed by atoms with Gasteiger partial charge in [-0.05, 0) is 24.1 Å². The third-order valence-electron chi connectivity index (χ3n) is 2.46. The van der Waals surface area contributed by atoms with Crippen molar-refractivity contribution in [2.24, 2.45) is 0 Å². The van der Waals surface area contributed by atoms with Gasteiger partial charge in [-0.25, -0.2) is 4.39 Å². The second-order valence-corrected chi connectivity index (χ2v) is 5.29. The maximum atomic E-state index is 13.3.